The van der Waals surface area contributed by atoms with Crippen molar-refractivity contribution in [3.8, 4) is 0 Å². The molecule has 1 aromatic heterocycles. The number of thioether (sulfide) groups is 1. The van der Waals surface area contributed by atoms with Crippen molar-refractivity contribution < 1.29 is 0 Å². The van der Waals surface area contributed by atoms with Gasteiger partial charge in [0.1, 0.15) is 16.8 Å². The Morgan fingerprint density at radius 3 is 2.47 bits per heavy atom. The largest absolute Gasteiger partial charge is 0.355 e. The molecule has 0 spiro atoms. The minimum Gasteiger partial charge on any atom is -0.355 e. The standard InChI is InChI=1S/C12H18ClN3S/c1-12(2,3)11-14-9(13)8-10(15-11)16-4-6-17-7-5-16/h8H,4-7H2,1-3H3. The van der Waals surface area contributed by atoms with E-state index >= 15 is 0 Å². The summed E-state index contributed by atoms with van der Waals surface area (Å²) in [6, 6.07) is 1.87. The first kappa shape index (κ1) is 13.0. The summed E-state index contributed by atoms with van der Waals surface area (Å²) in [6.07, 6.45) is 0. The second kappa shape index (κ2) is 5.02. The SMILES string of the molecule is CC(C)(C)c1nc(Cl)cc(N2CCSCC2)n1. The third-order valence-corrected chi connectivity index (χ3v) is 3.82. The van der Waals surface area contributed by atoms with Crippen molar-refractivity contribution >= 4 is 29.2 Å². The zero-order chi connectivity index (χ0) is 12.5. The topological polar surface area (TPSA) is 29.0 Å². The molecule has 5 heteroatoms. The highest BCUT2D eigenvalue weighted by Crippen LogP contribution is 2.25. The molecule has 1 saturated heterocycles. The monoisotopic (exact) mass is 271 g/mol. The smallest absolute Gasteiger partial charge is 0.137 e. The van der Waals surface area contributed by atoms with E-state index in [0.717, 1.165) is 36.2 Å². The van der Waals surface area contributed by atoms with Gasteiger partial charge in [0.15, 0.2) is 0 Å². The van der Waals surface area contributed by atoms with Crippen molar-refractivity contribution in [2.24, 2.45) is 0 Å². The van der Waals surface area contributed by atoms with Gasteiger partial charge in [-0.05, 0) is 0 Å². The van der Waals surface area contributed by atoms with Crippen molar-refractivity contribution in [1.29, 1.82) is 0 Å². The van der Waals surface area contributed by atoms with Crippen LogP contribution in [-0.4, -0.2) is 34.6 Å². The molecule has 0 unspecified atom stereocenters. The maximum Gasteiger partial charge on any atom is 0.137 e. The minimum absolute atomic E-state index is 0.0653. The molecule has 94 valence electrons. The van der Waals surface area contributed by atoms with Crippen molar-refractivity contribution in [1.82, 2.24) is 9.97 Å². The molecule has 17 heavy (non-hydrogen) atoms. The number of nitrogens with zero attached hydrogens (tertiary/aromatic N) is 3. The van der Waals surface area contributed by atoms with E-state index in [1.807, 2.05) is 17.8 Å². The van der Waals surface area contributed by atoms with Crippen LogP contribution in [0.3, 0.4) is 0 Å². The third-order valence-electron chi connectivity index (χ3n) is 2.69. The fourth-order valence-corrected chi connectivity index (χ4v) is 2.78. The molecule has 0 aliphatic carbocycles. The van der Waals surface area contributed by atoms with Crippen molar-refractivity contribution in [2.75, 3.05) is 29.5 Å². The van der Waals surface area contributed by atoms with Crippen LogP contribution in [0, 0.1) is 0 Å². The van der Waals surface area contributed by atoms with Crippen LogP contribution in [0.15, 0.2) is 6.07 Å². The van der Waals surface area contributed by atoms with Crippen LogP contribution in [0.4, 0.5) is 5.82 Å². The van der Waals surface area contributed by atoms with Crippen LogP contribution < -0.4 is 4.90 Å². The van der Waals surface area contributed by atoms with Crippen LogP contribution in [0.2, 0.25) is 5.15 Å². The molecule has 1 aliphatic rings. The Labute approximate surface area is 112 Å². The van der Waals surface area contributed by atoms with Crippen molar-refractivity contribution in [3.05, 3.63) is 17.0 Å². The zero-order valence-electron chi connectivity index (χ0n) is 10.5. The Morgan fingerprint density at radius 1 is 1.24 bits per heavy atom. The van der Waals surface area contributed by atoms with Gasteiger partial charge in [0.05, 0.1) is 0 Å². The lowest BCUT2D eigenvalue weighted by molar-refractivity contribution is 0.544. The molecule has 0 N–H and O–H groups in total. The Morgan fingerprint density at radius 2 is 1.88 bits per heavy atom. The van der Waals surface area contributed by atoms with E-state index < -0.39 is 0 Å². The Bertz CT molecular complexity index is 397. The van der Waals surface area contributed by atoms with E-state index in [-0.39, 0.29) is 5.41 Å². The van der Waals surface area contributed by atoms with Crippen LogP contribution >= 0.6 is 23.4 Å². The van der Waals surface area contributed by atoms with E-state index in [1.165, 1.54) is 0 Å². The van der Waals surface area contributed by atoms with Gasteiger partial charge < -0.3 is 4.90 Å². The summed E-state index contributed by atoms with van der Waals surface area (Å²) in [5.41, 5.74) is -0.0653. The Balaban J connectivity index is 2.31. The first-order chi connectivity index (χ1) is 7.97. The normalized spacial score (nSPS) is 17.3. The second-order valence-electron chi connectivity index (χ2n) is 5.22. The number of aromatic nitrogens is 2. The van der Waals surface area contributed by atoms with Gasteiger partial charge in [-0.1, -0.05) is 32.4 Å². The molecule has 1 aromatic rings. The van der Waals surface area contributed by atoms with E-state index in [1.54, 1.807) is 0 Å². The number of hydrogen-bond acceptors (Lipinski definition) is 4. The van der Waals surface area contributed by atoms with Gasteiger partial charge >= 0.3 is 0 Å². The van der Waals surface area contributed by atoms with Gasteiger partial charge in [0, 0.05) is 36.1 Å². The average Bonchev–Trinajstić information content (AvgIpc) is 2.28. The fraction of sp³-hybridized carbons (Fsp3) is 0.667. The summed E-state index contributed by atoms with van der Waals surface area (Å²) in [4.78, 5) is 11.3. The molecule has 0 bridgehead atoms. The lowest BCUT2D eigenvalue weighted by Gasteiger charge is -2.28. The van der Waals surface area contributed by atoms with Gasteiger partial charge in [0.25, 0.3) is 0 Å². The number of halogens is 1. The molecular formula is C12H18ClN3S. The summed E-state index contributed by atoms with van der Waals surface area (Å²) in [7, 11) is 0. The summed E-state index contributed by atoms with van der Waals surface area (Å²) < 4.78 is 0. The fourth-order valence-electron chi connectivity index (χ4n) is 1.70. The average molecular weight is 272 g/mol. The van der Waals surface area contributed by atoms with Crippen LogP contribution in [0.5, 0.6) is 0 Å². The minimum atomic E-state index is -0.0653. The molecular weight excluding hydrogens is 254 g/mol. The molecule has 0 aromatic carbocycles. The lowest BCUT2D eigenvalue weighted by Crippen LogP contribution is -2.33. The predicted octanol–water partition coefficient (Wildman–Crippen LogP) is 2.98. The lowest BCUT2D eigenvalue weighted by atomic mass is 9.96. The number of anilines is 1. The van der Waals surface area contributed by atoms with Crippen LogP contribution in [-0.2, 0) is 5.41 Å². The van der Waals surface area contributed by atoms with Gasteiger partial charge in [-0.15, -0.1) is 0 Å². The highest BCUT2D eigenvalue weighted by molar-refractivity contribution is 7.99. The maximum atomic E-state index is 6.09. The highest BCUT2D eigenvalue weighted by atomic mass is 35.5. The van der Waals surface area contributed by atoms with Crippen LogP contribution in [0.1, 0.15) is 26.6 Å². The van der Waals surface area contributed by atoms with E-state index in [4.69, 9.17) is 11.6 Å². The maximum absolute atomic E-state index is 6.09. The summed E-state index contributed by atoms with van der Waals surface area (Å²) in [6.45, 7) is 8.40. The Hall–Kier alpha value is -0.480. The number of hydrogen-bond donors (Lipinski definition) is 0. The second-order valence-corrected chi connectivity index (χ2v) is 6.83. The zero-order valence-corrected chi connectivity index (χ0v) is 12.1. The molecule has 1 fully saturated rings. The van der Waals surface area contributed by atoms with Crippen LogP contribution in [0.25, 0.3) is 0 Å². The Kier molecular flexibility index (Phi) is 3.83. The molecule has 0 saturated carbocycles. The van der Waals surface area contributed by atoms with Gasteiger partial charge in [-0.25, -0.2) is 9.97 Å². The number of rotatable bonds is 1. The predicted molar refractivity (Wildman–Crippen MR) is 75.3 cm³/mol. The summed E-state index contributed by atoms with van der Waals surface area (Å²) in [5, 5.41) is 0.540. The molecule has 1 aliphatic heterocycles. The van der Waals surface area contributed by atoms with Gasteiger partial charge in [-0.2, -0.15) is 11.8 Å². The van der Waals surface area contributed by atoms with E-state index in [9.17, 15) is 0 Å². The van der Waals surface area contributed by atoms with E-state index in [0.29, 0.717) is 5.15 Å². The van der Waals surface area contributed by atoms with Gasteiger partial charge in [-0.3, -0.25) is 0 Å². The van der Waals surface area contributed by atoms with Crippen molar-refractivity contribution in [3.63, 3.8) is 0 Å². The molecule has 2 rings (SSSR count). The molecule has 2 heterocycles. The summed E-state index contributed by atoms with van der Waals surface area (Å²) >= 11 is 8.08. The highest BCUT2D eigenvalue weighted by Gasteiger charge is 2.21. The molecule has 0 atom stereocenters. The first-order valence-corrected chi connectivity index (χ1v) is 7.38. The summed E-state index contributed by atoms with van der Waals surface area (Å²) in [5.74, 6) is 4.10. The first-order valence-electron chi connectivity index (χ1n) is 5.84. The van der Waals surface area contributed by atoms with Gasteiger partial charge in [0.2, 0.25) is 0 Å². The van der Waals surface area contributed by atoms with E-state index in [2.05, 4.69) is 35.6 Å². The quantitative estimate of drug-likeness (QED) is 0.735. The molecule has 3 nitrogen and oxygen atoms in total. The molecule has 0 amide bonds. The third kappa shape index (κ3) is 3.26. The van der Waals surface area contributed by atoms with Crippen molar-refractivity contribution in [2.45, 2.75) is 26.2 Å². The molecule has 0 radical (unpaired) electrons.